The standard InChI is InChI=1S/C30H50N2O21/c1-9-12(34)22(50-30-20(42)16(38)18(40)25(53-30)27(45)46)14(36)11(48-9)8-47-28-21(43)23(13(35)10(7-33)49-28)51-29-19(41)15(37)17(39)24(52-29)26(44)32-5-3-31(2)4-6-32/h9-25,28-30,33-43H,3-8H2,1-2H3,(H,45,46). The van der Waals surface area contributed by atoms with Crippen LogP contribution in [0.2, 0.25) is 0 Å². The fourth-order valence-corrected chi connectivity index (χ4v) is 6.80. The van der Waals surface area contributed by atoms with E-state index in [1.54, 1.807) is 0 Å². The molecule has 0 radical (unpaired) electrons. The molecule has 5 heterocycles. The summed E-state index contributed by atoms with van der Waals surface area (Å²) >= 11 is 0. The second-order valence-electron chi connectivity index (χ2n) is 13.9. The average molecular weight is 775 g/mol. The normalized spacial score (nSPS) is 48.7. The molecular formula is C30H50N2O21. The van der Waals surface area contributed by atoms with Crippen LogP contribution in [0.5, 0.6) is 0 Å². The van der Waals surface area contributed by atoms with Crippen molar-refractivity contribution in [1.29, 1.82) is 0 Å². The Bertz CT molecular complexity index is 1230. The molecule has 20 atom stereocenters. The number of aliphatic carboxylic acids is 1. The van der Waals surface area contributed by atoms with Crippen LogP contribution in [-0.2, 0) is 42.7 Å². The lowest BCUT2D eigenvalue weighted by atomic mass is 9.94. The molecule has 0 bridgehead atoms. The van der Waals surface area contributed by atoms with Crippen molar-refractivity contribution in [2.24, 2.45) is 0 Å². The lowest BCUT2D eigenvalue weighted by Gasteiger charge is -2.47. The molecule has 0 aliphatic carbocycles. The zero-order valence-electron chi connectivity index (χ0n) is 28.7. The third-order valence-corrected chi connectivity index (χ3v) is 10.2. The Kier molecular flexibility index (Phi) is 14.0. The maximum absolute atomic E-state index is 13.2. The van der Waals surface area contributed by atoms with Crippen molar-refractivity contribution in [2.45, 2.75) is 130 Å². The molecule has 23 heteroatoms. The number of nitrogens with zero attached hydrogens (tertiary/aromatic N) is 2. The van der Waals surface area contributed by atoms with Crippen molar-refractivity contribution in [1.82, 2.24) is 9.80 Å². The van der Waals surface area contributed by atoms with Gasteiger partial charge in [-0.1, -0.05) is 0 Å². The van der Waals surface area contributed by atoms with E-state index >= 15 is 0 Å². The summed E-state index contributed by atoms with van der Waals surface area (Å²) in [6, 6.07) is 0. The molecule has 53 heavy (non-hydrogen) atoms. The number of hydrogen-bond acceptors (Lipinski definition) is 21. The van der Waals surface area contributed by atoms with E-state index < -0.39 is 148 Å². The van der Waals surface area contributed by atoms with Gasteiger partial charge in [-0.05, 0) is 14.0 Å². The zero-order valence-corrected chi connectivity index (χ0v) is 28.7. The van der Waals surface area contributed by atoms with E-state index in [2.05, 4.69) is 0 Å². The third-order valence-electron chi connectivity index (χ3n) is 10.2. The van der Waals surface area contributed by atoms with Crippen molar-refractivity contribution in [3.8, 4) is 0 Å². The summed E-state index contributed by atoms with van der Waals surface area (Å²) in [7, 11) is 1.86. The second kappa shape index (κ2) is 17.5. The van der Waals surface area contributed by atoms with Gasteiger partial charge in [0, 0.05) is 26.2 Å². The lowest BCUT2D eigenvalue weighted by Crippen LogP contribution is -2.67. The highest BCUT2D eigenvalue weighted by atomic mass is 16.7. The molecule has 0 saturated carbocycles. The van der Waals surface area contributed by atoms with E-state index in [0.717, 1.165) is 0 Å². The molecule has 0 aromatic rings. The fourth-order valence-electron chi connectivity index (χ4n) is 6.80. The summed E-state index contributed by atoms with van der Waals surface area (Å²) in [6.07, 6.45) is -35.8. The van der Waals surface area contributed by atoms with E-state index in [9.17, 15) is 70.9 Å². The number of carbonyl (C=O) groups excluding carboxylic acids is 1. The van der Waals surface area contributed by atoms with E-state index in [-0.39, 0.29) is 0 Å². The van der Waals surface area contributed by atoms with Crippen LogP contribution in [0.25, 0.3) is 0 Å². The van der Waals surface area contributed by atoms with Crippen molar-refractivity contribution >= 4 is 11.9 Å². The number of carboxylic acids is 1. The van der Waals surface area contributed by atoms with Crippen LogP contribution in [0, 0.1) is 0 Å². The third kappa shape index (κ3) is 8.78. The van der Waals surface area contributed by atoms with Crippen molar-refractivity contribution in [3.63, 3.8) is 0 Å². The molecule has 306 valence electrons. The molecule has 5 saturated heterocycles. The monoisotopic (exact) mass is 774 g/mol. The molecule has 5 rings (SSSR count). The number of piperazine rings is 1. The first-order chi connectivity index (χ1) is 25.0. The summed E-state index contributed by atoms with van der Waals surface area (Å²) in [5.41, 5.74) is 0. The molecule has 5 aliphatic rings. The maximum atomic E-state index is 13.2. The number of amides is 1. The summed E-state index contributed by atoms with van der Waals surface area (Å²) < 4.78 is 38.7. The van der Waals surface area contributed by atoms with Crippen LogP contribution in [-0.4, -0.2) is 252 Å². The van der Waals surface area contributed by atoms with E-state index in [4.69, 9.17) is 33.2 Å². The summed E-state index contributed by atoms with van der Waals surface area (Å²) in [4.78, 5) is 28.1. The van der Waals surface area contributed by atoms with Gasteiger partial charge in [0.2, 0.25) is 0 Å². The summed E-state index contributed by atoms with van der Waals surface area (Å²) in [5, 5.41) is 126. The first kappa shape index (κ1) is 42.3. The predicted octanol–water partition coefficient (Wildman–Crippen LogP) is -8.80. The van der Waals surface area contributed by atoms with Crippen molar-refractivity contribution < 1.29 is 104 Å². The number of aliphatic hydroxyl groups is 11. The first-order valence-electron chi connectivity index (χ1n) is 17.1. The molecule has 12 N–H and O–H groups in total. The molecule has 0 aromatic heterocycles. The predicted molar refractivity (Wildman–Crippen MR) is 165 cm³/mol. The topological polar surface area (TPSA) is 348 Å². The van der Waals surface area contributed by atoms with E-state index in [1.165, 1.54) is 11.8 Å². The number of likely N-dealkylation sites (N-methyl/N-ethyl adjacent to an activating group) is 1. The molecule has 23 nitrogen and oxygen atoms in total. The molecule has 0 aromatic carbocycles. The van der Waals surface area contributed by atoms with Crippen LogP contribution in [0.1, 0.15) is 6.92 Å². The van der Waals surface area contributed by atoms with Crippen LogP contribution >= 0.6 is 0 Å². The zero-order chi connectivity index (χ0) is 39.0. The number of carboxylic acid groups (broad SMARTS) is 1. The van der Waals surface area contributed by atoms with Crippen molar-refractivity contribution in [3.05, 3.63) is 0 Å². The van der Waals surface area contributed by atoms with Gasteiger partial charge in [0.25, 0.3) is 5.91 Å². The minimum atomic E-state index is -2.03. The van der Waals surface area contributed by atoms with Gasteiger partial charge >= 0.3 is 5.97 Å². The highest BCUT2D eigenvalue weighted by molar-refractivity contribution is 5.82. The van der Waals surface area contributed by atoms with Crippen LogP contribution in [0.15, 0.2) is 0 Å². The Hall–Kier alpha value is -1.82. The smallest absolute Gasteiger partial charge is 0.335 e. The van der Waals surface area contributed by atoms with Gasteiger partial charge in [0.15, 0.2) is 31.1 Å². The highest BCUT2D eigenvalue weighted by Crippen LogP contribution is 2.33. The minimum Gasteiger partial charge on any atom is -0.479 e. The molecule has 20 unspecified atom stereocenters. The molecule has 5 aliphatic heterocycles. The molecular weight excluding hydrogens is 724 g/mol. The first-order valence-corrected chi connectivity index (χ1v) is 17.1. The van der Waals surface area contributed by atoms with Crippen LogP contribution in [0.4, 0.5) is 0 Å². The number of carbonyl (C=O) groups is 2. The second-order valence-corrected chi connectivity index (χ2v) is 13.9. The highest BCUT2D eigenvalue weighted by Gasteiger charge is 2.55. The summed E-state index contributed by atoms with van der Waals surface area (Å²) in [6.45, 7) is 1.51. The number of aliphatic hydroxyl groups excluding tert-OH is 11. The number of hydrogen-bond donors (Lipinski definition) is 12. The largest absolute Gasteiger partial charge is 0.479 e. The average Bonchev–Trinajstić information content (AvgIpc) is 3.13. The summed E-state index contributed by atoms with van der Waals surface area (Å²) in [5.74, 6) is -2.39. The van der Waals surface area contributed by atoms with Crippen LogP contribution in [0.3, 0.4) is 0 Å². The molecule has 0 spiro atoms. The van der Waals surface area contributed by atoms with E-state index in [1.807, 2.05) is 11.9 Å². The lowest BCUT2D eigenvalue weighted by molar-refractivity contribution is -0.361. The Labute approximate surface area is 301 Å². The Morgan fingerprint density at radius 1 is 0.604 bits per heavy atom. The van der Waals surface area contributed by atoms with Crippen molar-refractivity contribution in [2.75, 3.05) is 46.4 Å². The van der Waals surface area contributed by atoms with E-state index in [0.29, 0.717) is 26.2 Å². The quantitative estimate of drug-likeness (QED) is 0.0980. The van der Waals surface area contributed by atoms with Gasteiger partial charge in [0.1, 0.15) is 85.5 Å². The van der Waals surface area contributed by atoms with Gasteiger partial charge in [-0.3, -0.25) is 4.79 Å². The van der Waals surface area contributed by atoms with Gasteiger partial charge in [-0.25, -0.2) is 4.79 Å². The molecule has 5 fully saturated rings. The Balaban J connectivity index is 1.25. The maximum Gasteiger partial charge on any atom is 0.335 e. The number of ether oxygens (including phenoxy) is 7. The Morgan fingerprint density at radius 3 is 1.66 bits per heavy atom. The number of rotatable bonds is 10. The van der Waals surface area contributed by atoms with Gasteiger partial charge in [-0.15, -0.1) is 0 Å². The molecule has 1 amide bonds. The van der Waals surface area contributed by atoms with Gasteiger partial charge in [0.05, 0.1) is 19.3 Å². The fraction of sp³-hybridized carbons (Fsp3) is 0.933. The Morgan fingerprint density at radius 2 is 1.11 bits per heavy atom. The SMILES string of the molecule is CC1OC(COC2OC(CO)C(O)C(OC3OC(C(=O)N4CCN(C)CC4)C(O)C(O)C3O)C2O)C(O)C(OC2OC(C(=O)O)C(O)C(O)C2O)C1O. The minimum absolute atomic E-state index is 0.291. The van der Waals surface area contributed by atoms with Gasteiger partial charge < -0.3 is 104 Å². The van der Waals surface area contributed by atoms with Crippen LogP contribution < -0.4 is 0 Å². The van der Waals surface area contributed by atoms with Gasteiger partial charge in [-0.2, -0.15) is 0 Å².